The number of carbonyl (C=O) groups excluding carboxylic acids is 1. The van der Waals surface area contributed by atoms with Gasteiger partial charge in [-0.05, 0) is 12.3 Å². The quantitative estimate of drug-likeness (QED) is 0.398. The highest BCUT2D eigenvalue weighted by molar-refractivity contribution is 5.58. The van der Waals surface area contributed by atoms with Gasteiger partial charge in [0, 0.05) is 0 Å². The minimum absolute atomic E-state index is 0. The molecule has 0 heterocycles. The summed E-state index contributed by atoms with van der Waals surface area (Å²) in [5.41, 5.74) is 0. The maximum absolute atomic E-state index is 10.4. The summed E-state index contributed by atoms with van der Waals surface area (Å²) < 4.78 is 4.63. The third-order valence-corrected chi connectivity index (χ3v) is 2.05. The summed E-state index contributed by atoms with van der Waals surface area (Å²) in [7, 11) is 0. The molecule has 0 aliphatic heterocycles. The van der Waals surface area contributed by atoms with Crippen molar-refractivity contribution in [3.63, 3.8) is 0 Å². The van der Waals surface area contributed by atoms with Gasteiger partial charge in [-0.3, -0.25) is 4.89 Å². The van der Waals surface area contributed by atoms with Crippen molar-refractivity contribution in [2.45, 2.75) is 39.5 Å². The molecule has 0 bridgehead atoms. The molecule has 4 heteroatoms. The van der Waals surface area contributed by atoms with E-state index in [2.05, 4.69) is 16.5 Å². The van der Waals surface area contributed by atoms with Gasteiger partial charge in [0.05, 0.1) is 6.61 Å². The van der Waals surface area contributed by atoms with Gasteiger partial charge in [-0.2, -0.15) is 5.26 Å². The van der Waals surface area contributed by atoms with Crippen molar-refractivity contribution < 1.29 is 21.1 Å². The fraction of sp³-hybridized carbons (Fsp3) is 0.889. The monoisotopic (exact) mass is 191 g/mol. The van der Waals surface area contributed by atoms with E-state index in [1.807, 2.05) is 6.92 Å². The Kier molecular flexibility index (Phi) is 7.39. The Labute approximate surface area is 80.3 Å². The molecule has 0 fully saturated rings. The molecular formula is C9H19O4+. The molecule has 0 radical (unpaired) electrons. The first kappa shape index (κ1) is 12.2. The van der Waals surface area contributed by atoms with Gasteiger partial charge < -0.3 is 4.74 Å². The zero-order valence-electron chi connectivity index (χ0n) is 9.28. The Morgan fingerprint density at radius 3 is 2.69 bits per heavy atom. The standard InChI is InChI=1S/C9H18O4/c1-3-5-6-8(4-2)7-12-9(10)13-11/h8,11H,3-7H2,1-2H3/p+1. The highest BCUT2D eigenvalue weighted by atomic mass is 17.1. The third-order valence-electron chi connectivity index (χ3n) is 2.05. The van der Waals surface area contributed by atoms with E-state index in [1.165, 1.54) is 0 Å². The van der Waals surface area contributed by atoms with E-state index in [0.717, 1.165) is 25.7 Å². The van der Waals surface area contributed by atoms with Gasteiger partial charge in [-0.15, -0.1) is 0 Å². The van der Waals surface area contributed by atoms with E-state index in [-0.39, 0.29) is 1.43 Å². The predicted octanol–water partition coefficient (Wildman–Crippen LogP) is 2.94. The highest BCUT2D eigenvalue weighted by Gasteiger charge is 2.10. The van der Waals surface area contributed by atoms with Crippen LogP contribution in [0.15, 0.2) is 0 Å². The Balaban J connectivity index is 0. The molecule has 0 aromatic carbocycles. The SMILES string of the molecule is CCCCC(CC)COC(=O)OO.[H+]. The van der Waals surface area contributed by atoms with Crippen molar-refractivity contribution in [1.82, 2.24) is 0 Å². The van der Waals surface area contributed by atoms with E-state index >= 15 is 0 Å². The molecule has 0 spiro atoms. The molecule has 0 aliphatic rings. The topological polar surface area (TPSA) is 55.8 Å². The summed E-state index contributed by atoms with van der Waals surface area (Å²) >= 11 is 0. The second-order valence-electron chi connectivity index (χ2n) is 3.07. The molecule has 78 valence electrons. The lowest BCUT2D eigenvalue weighted by Gasteiger charge is -2.12. The molecule has 1 atom stereocenters. The molecule has 0 aromatic rings. The van der Waals surface area contributed by atoms with Gasteiger partial charge in [0.25, 0.3) is 0 Å². The first-order valence-electron chi connectivity index (χ1n) is 4.72. The van der Waals surface area contributed by atoms with Crippen molar-refractivity contribution in [3.05, 3.63) is 0 Å². The number of carbonyl (C=O) groups is 1. The van der Waals surface area contributed by atoms with Crippen LogP contribution >= 0.6 is 0 Å². The molecule has 0 aromatic heterocycles. The molecule has 0 amide bonds. The lowest BCUT2D eigenvalue weighted by molar-refractivity contribution is -0.201. The van der Waals surface area contributed by atoms with E-state index < -0.39 is 6.16 Å². The van der Waals surface area contributed by atoms with Gasteiger partial charge in [0.15, 0.2) is 0 Å². The van der Waals surface area contributed by atoms with Crippen molar-refractivity contribution >= 4 is 6.16 Å². The van der Waals surface area contributed by atoms with Gasteiger partial charge >= 0.3 is 7.58 Å². The summed E-state index contributed by atoms with van der Waals surface area (Å²) in [5, 5.41) is 7.92. The van der Waals surface area contributed by atoms with Gasteiger partial charge in [0.1, 0.15) is 0 Å². The summed E-state index contributed by atoms with van der Waals surface area (Å²) in [6, 6.07) is 0. The molecule has 0 saturated carbocycles. The smallest absolute Gasteiger partial charge is 0.432 e. The maximum Gasteiger partial charge on any atom is 1.00 e. The Hall–Kier alpha value is -0.770. The lowest BCUT2D eigenvalue weighted by atomic mass is 10.0. The van der Waals surface area contributed by atoms with E-state index in [4.69, 9.17) is 5.26 Å². The molecule has 1 unspecified atom stereocenters. The van der Waals surface area contributed by atoms with Crippen LogP contribution in [0.25, 0.3) is 0 Å². The molecule has 1 N–H and O–H groups in total. The fourth-order valence-electron chi connectivity index (χ4n) is 1.11. The summed E-state index contributed by atoms with van der Waals surface area (Å²) in [4.78, 5) is 13.8. The van der Waals surface area contributed by atoms with Gasteiger partial charge in [-0.1, -0.05) is 33.1 Å². The maximum atomic E-state index is 10.4. The summed E-state index contributed by atoms with van der Waals surface area (Å²) in [5.74, 6) is 0.374. The molecule has 13 heavy (non-hydrogen) atoms. The van der Waals surface area contributed by atoms with E-state index in [9.17, 15) is 4.79 Å². The Morgan fingerprint density at radius 2 is 2.23 bits per heavy atom. The van der Waals surface area contributed by atoms with Gasteiger partial charge in [-0.25, -0.2) is 4.79 Å². The van der Waals surface area contributed by atoms with Crippen LogP contribution in [-0.2, 0) is 9.62 Å². The van der Waals surface area contributed by atoms with E-state index in [0.29, 0.717) is 12.5 Å². The Bertz CT molecular complexity index is 141. The van der Waals surface area contributed by atoms with E-state index in [1.54, 1.807) is 0 Å². The zero-order chi connectivity index (χ0) is 10.1. The van der Waals surface area contributed by atoms with Crippen molar-refractivity contribution in [2.75, 3.05) is 6.61 Å². The van der Waals surface area contributed by atoms with Crippen LogP contribution in [0.4, 0.5) is 4.79 Å². The van der Waals surface area contributed by atoms with Crippen molar-refractivity contribution in [1.29, 1.82) is 0 Å². The van der Waals surface area contributed by atoms with Crippen LogP contribution < -0.4 is 0 Å². The average Bonchev–Trinajstić information content (AvgIpc) is 2.17. The highest BCUT2D eigenvalue weighted by Crippen LogP contribution is 2.12. The predicted molar refractivity (Wildman–Crippen MR) is 49.5 cm³/mol. The fourth-order valence-corrected chi connectivity index (χ4v) is 1.11. The third kappa shape index (κ3) is 6.40. The normalized spacial score (nSPS) is 12.2. The average molecular weight is 191 g/mol. The number of hydrogen-bond donors (Lipinski definition) is 1. The van der Waals surface area contributed by atoms with Gasteiger partial charge in [0.2, 0.25) is 0 Å². The van der Waals surface area contributed by atoms with Crippen LogP contribution in [0, 0.1) is 5.92 Å². The zero-order valence-corrected chi connectivity index (χ0v) is 8.28. The van der Waals surface area contributed by atoms with Crippen LogP contribution in [0.2, 0.25) is 0 Å². The second-order valence-corrected chi connectivity index (χ2v) is 3.07. The molecule has 4 nitrogen and oxygen atoms in total. The largest absolute Gasteiger partial charge is 1.00 e. The molecule has 0 saturated heterocycles. The van der Waals surface area contributed by atoms with Crippen LogP contribution in [-0.4, -0.2) is 18.0 Å². The van der Waals surface area contributed by atoms with Crippen LogP contribution in [0.3, 0.4) is 0 Å². The molecule has 0 aliphatic carbocycles. The first-order chi connectivity index (χ1) is 6.24. The van der Waals surface area contributed by atoms with Crippen LogP contribution in [0.1, 0.15) is 41.0 Å². The Morgan fingerprint density at radius 1 is 1.54 bits per heavy atom. The first-order valence-corrected chi connectivity index (χ1v) is 4.72. The molecular weight excluding hydrogens is 172 g/mol. The number of rotatable bonds is 6. The molecule has 0 rings (SSSR count). The second kappa shape index (κ2) is 7.86. The number of unbranched alkanes of at least 4 members (excludes halogenated alkanes) is 1. The minimum Gasteiger partial charge on any atom is -0.432 e. The lowest BCUT2D eigenvalue weighted by Crippen LogP contribution is -2.13. The van der Waals surface area contributed by atoms with Crippen LogP contribution in [0.5, 0.6) is 0 Å². The number of ether oxygens (including phenoxy) is 1. The summed E-state index contributed by atoms with van der Waals surface area (Å²) in [6.07, 6.45) is 3.27. The van der Waals surface area contributed by atoms with Crippen molar-refractivity contribution in [3.8, 4) is 0 Å². The van der Waals surface area contributed by atoms with Crippen molar-refractivity contribution in [2.24, 2.45) is 5.92 Å². The number of hydrogen-bond acceptors (Lipinski definition) is 4. The minimum atomic E-state index is -1.02. The summed E-state index contributed by atoms with van der Waals surface area (Å²) in [6.45, 7) is 4.50.